The number of rotatable bonds is 10. The number of hydrogen-bond acceptors (Lipinski definition) is 5. The van der Waals surface area contributed by atoms with E-state index in [0.717, 1.165) is 24.3 Å². The number of nitrogens with two attached hydrogens (primary N) is 1. The van der Waals surface area contributed by atoms with Crippen LogP contribution in [0.1, 0.15) is 11.1 Å². The molecule has 0 aromatic heterocycles. The lowest BCUT2D eigenvalue weighted by atomic mass is 10.1. The molecule has 0 atom stereocenters. The van der Waals surface area contributed by atoms with E-state index in [1.165, 1.54) is 18.2 Å². The van der Waals surface area contributed by atoms with Crippen LogP contribution in [0.25, 0.3) is 6.08 Å². The first-order valence-electron chi connectivity index (χ1n) is 8.41. The van der Waals surface area contributed by atoms with Gasteiger partial charge in [0.25, 0.3) is 10.2 Å². The summed E-state index contributed by atoms with van der Waals surface area (Å²) in [5.74, 6) is -1.46. The Morgan fingerprint density at radius 1 is 1.06 bits per heavy atom. The maximum absolute atomic E-state index is 12.6. The smallest absolute Gasteiger partial charge is 0.387 e. The van der Waals surface area contributed by atoms with Gasteiger partial charge in [-0.05, 0) is 35.9 Å². The average Bonchev–Trinajstić information content (AvgIpc) is 2.64. The molecule has 13 heteroatoms. The maximum Gasteiger partial charge on any atom is 0.387 e. The van der Waals surface area contributed by atoms with Gasteiger partial charge in [0.2, 0.25) is 5.91 Å². The van der Waals surface area contributed by atoms with Crippen LogP contribution < -0.4 is 24.7 Å². The lowest BCUT2D eigenvalue weighted by molar-refractivity contribution is -0.116. The van der Waals surface area contributed by atoms with E-state index >= 15 is 0 Å². The van der Waals surface area contributed by atoms with Gasteiger partial charge in [-0.2, -0.15) is 26.0 Å². The SMILES string of the molecule is NS(=O)(=O)Nc1cccc(CNC(=O)C=Cc2ccc(OC(F)F)cc2OC(F)F)c1. The zero-order chi connectivity index (χ0) is 23.0. The van der Waals surface area contributed by atoms with E-state index in [2.05, 4.69) is 19.5 Å². The Labute approximate surface area is 174 Å². The lowest BCUT2D eigenvalue weighted by Crippen LogP contribution is -2.22. The number of benzene rings is 2. The van der Waals surface area contributed by atoms with Gasteiger partial charge in [0.1, 0.15) is 11.5 Å². The molecule has 0 aliphatic rings. The van der Waals surface area contributed by atoms with Crippen LogP contribution in [0.3, 0.4) is 0 Å². The van der Waals surface area contributed by atoms with Crippen LogP contribution in [0.4, 0.5) is 23.2 Å². The molecule has 2 aromatic rings. The van der Waals surface area contributed by atoms with Gasteiger partial charge >= 0.3 is 13.2 Å². The van der Waals surface area contributed by atoms with Crippen LogP contribution in [-0.2, 0) is 21.5 Å². The summed E-state index contributed by atoms with van der Waals surface area (Å²) in [5, 5.41) is 7.40. The van der Waals surface area contributed by atoms with Gasteiger partial charge < -0.3 is 14.8 Å². The molecule has 0 radical (unpaired) electrons. The molecule has 0 spiro atoms. The Kier molecular flexibility index (Phi) is 8.22. The number of ether oxygens (including phenoxy) is 2. The van der Waals surface area contributed by atoms with E-state index in [4.69, 9.17) is 5.14 Å². The van der Waals surface area contributed by atoms with Crippen molar-refractivity contribution in [3.63, 3.8) is 0 Å². The molecule has 0 aliphatic heterocycles. The molecule has 0 saturated heterocycles. The van der Waals surface area contributed by atoms with Gasteiger partial charge in [0, 0.05) is 24.3 Å². The molecule has 1 amide bonds. The van der Waals surface area contributed by atoms with Crippen molar-refractivity contribution in [2.45, 2.75) is 19.8 Å². The fourth-order valence-electron chi connectivity index (χ4n) is 2.35. The second kappa shape index (κ2) is 10.6. The quantitative estimate of drug-likeness (QED) is 0.370. The van der Waals surface area contributed by atoms with E-state index < -0.39 is 35.1 Å². The zero-order valence-electron chi connectivity index (χ0n) is 15.6. The van der Waals surface area contributed by atoms with E-state index in [-0.39, 0.29) is 23.5 Å². The monoisotopic (exact) mass is 463 g/mol. The van der Waals surface area contributed by atoms with Gasteiger partial charge in [-0.25, -0.2) is 5.14 Å². The van der Waals surface area contributed by atoms with E-state index in [1.54, 1.807) is 12.1 Å². The molecule has 0 aliphatic carbocycles. The van der Waals surface area contributed by atoms with Crippen LogP contribution in [0.2, 0.25) is 0 Å². The summed E-state index contributed by atoms with van der Waals surface area (Å²) >= 11 is 0. The summed E-state index contributed by atoms with van der Waals surface area (Å²) in [6.45, 7) is -6.35. The van der Waals surface area contributed by atoms with Gasteiger partial charge in [0.05, 0.1) is 5.69 Å². The number of nitrogens with one attached hydrogen (secondary N) is 2. The Bertz CT molecular complexity index is 1050. The van der Waals surface area contributed by atoms with Crippen LogP contribution in [0, 0.1) is 0 Å². The summed E-state index contributed by atoms with van der Waals surface area (Å²) in [5.41, 5.74) is 0.770. The number of hydrogen-bond donors (Lipinski definition) is 3. The molecule has 31 heavy (non-hydrogen) atoms. The molecule has 0 saturated carbocycles. The van der Waals surface area contributed by atoms with Crippen molar-refractivity contribution < 1.29 is 40.2 Å². The largest absolute Gasteiger partial charge is 0.435 e. The van der Waals surface area contributed by atoms with Gasteiger partial charge in [-0.15, -0.1) is 0 Å². The standard InChI is InChI=1S/C18H17F4N3O5S/c19-17(20)29-14-6-4-12(15(9-14)30-18(21)22)5-7-16(26)24-10-11-2-1-3-13(8-11)25-31(23,27)28/h1-9,17-18,25H,10H2,(H,24,26)(H2,23,27,28). The Morgan fingerprint density at radius 3 is 2.42 bits per heavy atom. The normalized spacial score (nSPS) is 11.7. The number of amides is 1. The third kappa shape index (κ3) is 8.92. The van der Waals surface area contributed by atoms with Crippen molar-refractivity contribution in [2.75, 3.05) is 4.72 Å². The first kappa shape index (κ1) is 24.0. The van der Waals surface area contributed by atoms with Crippen molar-refractivity contribution in [2.24, 2.45) is 5.14 Å². The fourth-order valence-corrected chi connectivity index (χ4v) is 2.80. The number of carbonyl (C=O) groups excluding carboxylic acids is 1. The van der Waals surface area contributed by atoms with Gasteiger partial charge in [-0.3, -0.25) is 9.52 Å². The maximum atomic E-state index is 12.6. The van der Waals surface area contributed by atoms with Gasteiger partial charge in [-0.1, -0.05) is 12.1 Å². The van der Waals surface area contributed by atoms with Crippen molar-refractivity contribution in [1.82, 2.24) is 5.32 Å². The van der Waals surface area contributed by atoms with Gasteiger partial charge in [0.15, 0.2) is 0 Å². The molecule has 0 fully saturated rings. The highest BCUT2D eigenvalue weighted by Gasteiger charge is 2.12. The van der Waals surface area contributed by atoms with Crippen molar-refractivity contribution >= 4 is 27.9 Å². The minimum atomic E-state index is -3.95. The first-order chi connectivity index (χ1) is 14.5. The van der Waals surface area contributed by atoms with E-state index in [0.29, 0.717) is 5.56 Å². The molecule has 168 valence electrons. The number of alkyl halides is 4. The first-order valence-corrected chi connectivity index (χ1v) is 9.95. The molecule has 2 rings (SSSR count). The van der Waals surface area contributed by atoms with Crippen molar-refractivity contribution in [3.05, 3.63) is 59.7 Å². The van der Waals surface area contributed by atoms with Crippen molar-refractivity contribution in [1.29, 1.82) is 0 Å². The second-order valence-electron chi connectivity index (χ2n) is 5.86. The van der Waals surface area contributed by atoms with Crippen LogP contribution in [-0.4, -0.2) is 27.5 Å². The highest BCUT2D eigenvalue weighted by molar-refractivity contribution is 7.90. The highest BCUT2D eigenvalue weighted by Crippen LogP contribution is 2.28. The predicted molar refractivity (Wildman–Crippen MR) is 104 cm³/mol. The third-order valence-corrected chi connectivity index (χ3v) is 4.01. The lowest BCUT2D eigenvalue weighted by Gasteiger charge is -2.11. The molecular weight excluding hydrogens is 446 g/mol. The summed E-state index contributed by atoms with van der Waals surface area (Å²) in [6.07, 6.45) is 2.17. The summed E-state index contributed by atoms with van der Waals surface area (Å²) in [7, 11) is -3.95. The average molecular weight is 463 g/mol. The minimum absolute atomic E-state index is 0.0187. The molecular formula is C18H17F4N3O5S. The summed E-state index contributed by atoms with van der Waals surface area (Å²) in [4.78, 5) is 12.0. The predicted octanol–water partition coefficient (Wildman–Crippen LogP) is 2.83. The molecule has 0 bridgehead atoms. The number of anilines is 1. The fraction of sp³-hybridized carbons (Fsp3) is 0.167. The molecule has 0 unspecified atom stereocenters. The molecule has 0 heterocycles. The summed E-state index contributed by atoms with van der Waals surface area (Å²) < 4.78 is 82.3. The summed E-state index contributed by atoms with van der Waals surface area (Å²) in [6, 6.07) is 9.19. The number of halogens is 4. The topological polar surface area (TPSA) is 120 Å². The molecule has 8 nitrogen and oxygen atoms in total. The van der Waals surface area contributed by atoms with Crippen LogP contribution in [0.15, 0.2) is 48.5 Å². The van der Waals surface area contributed by atoms with Crippen LogP contribution >= 0.6 is 0 Å². The Hall–Kier alpha value is -3.32. The second-order valence-corrected chi connectivity index (χ2v) is 7.15. The molecule has 4 N–H and O–H groups in total. The Morgan fingerprint density at radius 2 is 1.77 bits per heavy atom. The highest BCUT2D eigenvalue weighted by atomic mass is 32.2. The van der Waals surface area contributed by atoms with Crippen molar-refractivity contribution in [3.8, 4) is 11.5 Å². The zero-order valence-corrected chi connectivity index (χ0v) is 16.4. The number of carbonyl (C=O) groups is 1. The van der Waals surface area contributed by atoms with E-state index in [9.17, 15) is 30.8 Å². The third-order valence-electron chi connectivity index (χ3n) is 3.49. The van der Waals surface area contributed by atoms with E-state index in [1.807, 2.05) is 0 Å². The van der Waals surface area contributed by atoms with Crippen LogP contribution in [0.5, 0.6) is 11.5 Å². The Balaban J connectivity index is 2.05. The molecule has 2 aromatic carbocycles. The minimum Gasteiger partial charge on any atom is -0.435 e.